The molecule has 1 saturated carbocycles. The molecule has 19 heavy (non-hydrogen) atoms. The molecule has 0 aliphatic heterocycles. The van der Waals surface area contributed by atoms with Crippen molar-refractivity contribution in [1.29, 1.82) is 0 Å². The second-order valence-electron chi connectivity index (χ2n) is 5.65. The van der Waals surface area contributed by atoms with Crippen LogP contribution in [0.1, 0.15) is 18.9 Å². The van der Waals surface area contributed by atoms with Crippen molar-refractivity contribution in [3.8, 4) is 0 Å². The lowest BCUT2D eigenvalue weighted by atomic mass is 10.1. The Balaban J connectivity index is 1.90. The van der Waals surface area contributed by atoms with Crippen molar-refractivity contribution in [2.45, 2.75) is 19.9 Å². The highest BCUT2D eigenvalue weighted by molar-refractivity contribution is 5.53. The molecule has 1 aliphatic rings. The normalized spacial score (nSPS) is 21.4. The summed E-state index contributed by atoms with van der Waals surface area (Å²) in [5.74, 6) is 1.80. The summed E-state index contributed by atoms with van der Waals surface area (Å²) < 4.78 is 5.06. The lowest BCUT2D eigenvalue weighted by molar-refractivity contribution is 0.199. The first kappa shape index (κ1) is 14.4. The molecule has 0 saturated heterocycles. The van der Waals surface area contributed by atoms with Crippen LogP contribution >= 0.6 is 0 Å². The van der Waals surface area contributed by atoms with Crippen molar-refractivity contribution in [2.75, 3.05) is 38.8 Å². The third-order valence-electron chi connectivity index (χ3n) is 3.99. The summed E-state index contributed by atoms with van der Waals surface area (Å²) in [5, 5.41) is 3.42. The Kier molecular flexibility index (Phi) is 5.23. The van der Waals surface area contributed by atoms with E-state index in [4.69, 9.17) is 4.74 Å². The summed E-state index contributed by atoms with van der Waals surface area (Å²) in [6.45, 7) is 6.09. The summed E-state index contributed by atoms with van der Waals surface area (Å²) >= 11 is 0. The zero-order chi connectivity index (χ0) is 13.7. The van der Waals surface area contributed by atoms with E-state index in [0.29, 0.717) is 0 Å². The fraction of sp³-hybridized carbons (Fsp3) is 0.625. The van der Waals surface area contributed by atoms with Gasteiger partial charge in [-0.25, -0.2) is 0 Å². The van der Waals surface area contributed by atoms with Gasteiger partial charge in [-0.05, 0) is 29.9 Å². The number of anilines is 1. The maximum Gasteiger partial charge on any atom is 0.0587 e. The minimum Gasteiger partial charge on any atom is -0.383 e. The van der Waals surface area contributed by atoms with Gasteiger partial charge in [0, 0.05) is 39.5 Å². The van der Waals surface area contributed by atoms with E-state index in [9.17, 15) is 0 Å². The van der Waals surface area contributed by atoms with Crippen LogP contribution in [0.15, 0.2) is 24.3 Å². The summed E-state index contributed by atoms with van der Waals surface area (Å²) in [4.78, 5) is 2.40. The molecule has 106 valence electrons. The average Bonchev–Trinajstić information content (AvgIpc) is 3.10. The van der Waals surface area contributed by atoms with Crippen LogP contribution in [-0.4, -0.2) is 33.9 Å². The smallest absolute Gasteiger partial charge is 0.0587 e. The summed E-state index contributed by atoms with van der Waals surface area (Å²) in [7, 11) is 3.94. The molecular formula is C16H26N2O. The van der Waals surface area contributed by atoms with Gasteiger partial charge in [-0.3, -0.25) is 0 Å². The Morgan fingerprint density at radius 2 is 2.11 bits per heavy atom. The second-order valence-corrected chi connectivity index (χ2v) is 5.65. The van der Waals surface area contributed by atoms with E-state index >= 15 is 0 Å². The first-order valence-electron chi connectivity index (χ1n) is 7.21. The minimum absolute atomic E-state index is 0.762. The van der Waals surface area contributed by atoms with Gasteiger partial charge in [-0.15, -0.1) is 0 Å². The van der Waals surface area contributed by atoms with E-state index in [2.05, 4.69) is 48.5 Å². The highest BCUT2D eigenvalue weighted by Crippen LogP contribution is 2.39. The number of rotatable bonds is 8. The molecular weight excluding hydrogens is 236 g/mol. The third-order valence-corrected chi connectivity index (χ3v) is 3.99. The SMILES string of the molecule is COCCNCc1ccccc1N(C)CC1CC1C. The number of nitrogens with zero attached hydrogens (tertiary/aromatic N) is 1. The van der Waals surface area contributed by atoms with Crippen LogP contribution < -0.4 is 10.2 Å². The van der Waals surface area contributed by atoms with Crippen LogP contribution in [0.3, 0.4) is 0 Å². The number of ether oxygens (including phenoxy) is 1. The molecule has 2 unspecified atom stereocenters. The Bertz CT molecular complexity index is 394. The van der Waals surface area contributed by atoms with Crippen molar-refractivity contribution in [3.63, 3.8) is 0 Å². The topological polar surface area (TPSA) is 24.5 Å². The molecule has 0 spiro atoms. The second kappa shape index (κ2) is 6.92. The van der Waals surface area contributed by atoms with E-state index in [1.165, 1.54) is 24.2 Å². The Hall–Kier alpha value is -1.06. The van der Waals surface area contributed by atoms with Gasteiger partial charge in [0.05, 0.1) is 6.61 Å². The number of nitrogens with one attached hydrogen (secondary N) is 1. The fourth-order valence-corrected chi connectivity index (χ4v) is 2.53. The molecule has 1 aliphatic carbocycles. The number of benzene rings is 1. The van der Waals surface area contributed by atoms with E-state index < -0.39 is 0 Å². The van der Waals surface area contributed by atoms with E-state index in [-0.39, 0.29) is 0 Å². The van der Waals surface area contributed by atoms with Crippen molar-refractivity contribution in [1.82, 2.24) is 5.32 Å². The van der Waals surface area contributed by atoms with Crippen LogP contribution in [0.4, 0.5) is 5.69 Å². The maximum absolute atomic E-state index is 5.06. The first-order valence-corrected chi connectivity index (χ1v) is 7.21. The highest BCUT2D eigenvalue weighted by atomic mass is 16.5. The average molecular weight is 262 g/mol. The number of methoxy groups -OCH3 is 1. The van der Waals surface area contributed by atoms with E-state index in [1.54, 1.807) is 7.11 Å². The zero-order valence-electron chi connectivity index (χ0n) is 12.4. The van der Waals surface area contributed by atoms with Crippen LogP contribution in [0.5, 0.6) is 0 Å². The molecule has 0 radical (unpaired) electrons. The molecule has 0 amide bonds. The van der Waals surface area contributed by atoms with E-state index in [1.807, 2.05) is 0 Å². The van der Waals surface area contributed by atoms with Gasteiger partial charge in [-0.1, -0.05) is 25.1 Å². The third kappa shape index (κ3) is 4.22. The summed E-state index contributed by atoms with van der Waals surface area (Å²) in [6.07, 6.45) is 1.39. The lowest BCUT2D eigenvalue weighted by Crippen LogP contribution is -2.24. The quantitative estimate of drug-likeness (QED) is 0.729. The van der Waals surface area contributed by atoms with Gasteiger partial charge >= 0.3 is 0 Å². The maximum atomic E-state index is 5.06. The van der Waals surface area contributed by atoms with Gasteiger partial charge < -0.3 is 15.0 Å². The lowest BCUT2D eigenvalue weighted by Gasteiger charge is -2.23. The first-order chi connectivity index (χ1) is 9.22. The molecule has 1 fully saturated rings. The standard InChI is InChI=1S/C16H26N2O/c1-13-10-15(13)12-18(2)16-7-5-4-6-14(16)11-17-8-9-19-3/h4-7,13,15,17H,8-12H2,1-3H3. The van der Waals surface area contributed by atoms with Gasteiger partial charge in [-0.2, -0.15) is 0 Å². The molecule has 1 N–H and O–H groups in total. The van der Waals surface area contributed by atoms with Crippen LogP contribution in [0.25, 0.3) is 0 Å². The molecule has 0 heterocycles. The van der Waals surface area contributed by atoms with Crippen molar-refractivity contribution < 1.29 is 4.74 Å². The highest BCUT2D eigenvalue weighted by Gasteiger charge is 2.33. The van der Waals surface area contributed by atoms with Gasteiger partial charge in [0.1, 0.15) is 0 Å². The zero-order valence-corrected chi connectivity index (χ0v) is 12.4. The number of hydrogen-bond acceptors (Lipinski definition) is 3. The molecule has 0 bridgehead atoms. The molecule has 2 atom stereocenters. The molecule has 1 aromatic rings. The van der Waals surface area contributed by atoms with Gasteiger partial charge in [0.2, 0.25) is 0 Å². The molecule has 2 rings (SSSR count). The number of hydrogen-bond donors (Lipinski definition) is 1. The predicted molar refractivity (Wildman–Crippen MR) is 80.6 cm³/mol. The monoisotopic (exact) mass is 262 g/mol. The van der Waals surface area contributed by atoms with Crippen molar-refractivity contribution in [2.24, 2.45) is 11.8 Å². The van der Waals surface area contributed by atoms with Gasteiger partial charge in [0.25, 0.3) is 0 Å². The van der Waals surface area contributed by atoms with Crippen molar-refractivity contribution in [3.05, 3.63) is 29.8 Å². The van der Waals surface area contributed by atoms with Crippen LogP contribution in [0, 0.1) is 11.8 Å². The van der Waals surface area contributed by atoms with Gasteiger partial charge in [0.15, 0.2) is 0 Å². The summed E-state index contributed by atoms with van der Waals surface area (Å²) in [5.41, 5.74) is 2.72. The Morgan fingerprint density at radius 1 is 1.37 bits per heavy atom. The van der Waals surface area contributed by atoms with E-state index in [0.717, 1.165) is 31.5 Å². The Labute approximate surface area is 116 Å². The molecule has 3 heteroatoms. The molecule has 0 aromatic heterocycles. The summed E-state index contributed by atoms with van der Waals surface area (Å²) in [6, 6.07) is 8.67. The number of para-hydroxylation sites is 1. The minimum atomic E-state index is 0.762. The largest absolute Gasteiger partial charge is 0.383 e. The fourth-order valence-electron chi connectivity index (χ4n) is 2.53. The molecule has 3 nitrogen and oxygen atoms in total. The van der Waals surface area contributed by atoms with Crippen molar-refractivity contribution >= 4 is 5.69 Å². The van der Waals surface area contributed by atoms with Crippen LogP contribution in [-0.2, 0) is 11.3 Å². The molecule has 1 aromatic carbocycles. The van der Waals surface area contributed by atoms with Crippen LogP contribution in [0.2, 0.25) is 0 Å². The predicted octanol–water partition coefficient (Wildman–Crippen LogP) is 2.51. The Morgan fingerprint density at radius 3 is 2.79 bits per heavy atom.